The van der Waals surface area contributed by atoms with E-state index in [1.54, 1.807) is 42.5 Å². The first-order valence-corrected chi connectivity index (χ1v) is 7.28. The summed E-state index contributed by atoms with van der Waals surface area (Å²) in [5, 5.41) is 16.3. The lowest BCUT2D eigenvalue weighted by Gasteiger charge is -2.11. The van der Waals surface area contributed by atoms with E-state index in [4.69, 9.17) is 0 Å². The summed E-state index contributed by atoms with van der Waals surface area (Å²) in [6.07, 6.45) is -0.102. The third-order valence-electron chi connectivity index (χ3n) is 3.29. The topological polar surface area (TPSA) is 92.8 Å². The molecule has 1 heterocycles. The van der Waals surface area contributed by atoms with Gasteiger partial charge in [0.1, 0.15) is 5.75 Å². The van der Waals surface area contributed by atoms with Crippen molar-refractivity contribution in [2.45, 2.75) is 13.0 Å². The molecule has 7 nitrogen and oxygen atoms in total. The molecule has 0 atom stereocenters. The number of aromatic nitrogens is 4. The van der Waals surface area contributed by atoms with Crippen LogP contribution in [0.3, 0.4) is 0 Å². The van der Waals surface area contributed by atoms with Crippen LogP contribution in [0.15, 0.2) is 48.5 Å². The molecule has 3 rings (SSSR count). The Labute approximate surface area is 141 Å². The maximum Gasteiger partial charge on any atom is 0.387 e. The molecule has 2 N–H and O–H groups in total. The number of alkyl halides is 2. The predicted molar refractivity (Wildman–Crippen MR) is 85.0 cm³/mol. The van der Waals surface area contributed by atoms with Gasteiger partial charge in [-0.25, -0.2) is 0 Å². The third kappa shape index (κ3) is 4.34. The van der Waals surface area contributed by atoms with Gasteiger partial charge in [-0.1, -0.05) is 30.3 Å². The second-order valence-corrected chi connectivity index (χ2v) is 5.03. The highest BCUT2D eigenvalue weighted by molar-refractivity contribution is 5.93. The Morgan fingerprint density at radius 1 is 1.20 bits per heavy atom. The number of anilines is 1. The van der Waals surface area contributed by atoms with Crippen LogP contribution in [0.25, 0.3) is 11.4 Å². The highest BCUT2D eigenvalue weighted by Gasteiger charge is 2.13. The van der Waals surface area contributed by atoms with Gasteiger partial charge in [0.25, 0.3) is 0 Å². The van der Waals surface area contributed by atoms with Crippen LogP contribution in [-0.4, -0.2) is 33.1 Å². The summed E-state index contributed by atoms with van der Waals surface area (Å²) < 4.78 is 29.3. The number of para-hydroxylation sites is 1. The van der Waals surface area contributed by atoms with Crippen LogP contribution < -0.4 is 10.1 Å². The van der Waals surface area contributed by atoms with Gasteiger partial charge >= 0.3 is 6.61 Å². The minimum atomic E-state index is -2.95. The normalized spacial score (nSPS) is 10.7. The number of carbonyl (C=O) groups excluding carboxylic acids is 1. The van der Waals surface area contributed by atoms with Crippen molar-refractivity contribution in [3.63, 3.8) is 0 Å². The zero-order chi connectivity index (χ0) is 17.6. The van der Waals surface area contributed by atoms with E-state index < -0.39 is 6.61 Å². The van der Waals surface area contributed by atoms with Crippen molar-refractivity contribution in [2.75, 3.05) is 5.32 Å². The fourth-order valence-corrected chi connectivity index (χ4v) is 2.26. The van der Waals surface area contributed by atoms with Crippen LogP contribution in [0.5, 0.6) is 5.75 Å². The zero-order valence-electron chi connectivity index (χ0n) is 12.8. The van der Waals surface area contributed by atoms with Gasteiger partial charge in [-0.3, -0.25) is 4.79 Å². The van der Waals surface area contributed by atoms with Crippen molar-refractivity contribution >= 4 is 11.6 Å². The van der Waals surface area contributed by atoms with E-state index in [2.05, 4.69) is 30.7 Å². The molecule has 0 spiro atoms. The fourth-order valence-electron chi connectivity index (χ4n) is 2.26. The number of halogens is 2. The van der Waals surface area contributed by atoms with Gasteiger partial charge in [0, 0.05) is 16.8 Å². The minimum absolute atomic E-state index is 0.0202. The van der Waals surface area contributed by atoms with E-state index in [1.807, 2.05) is 0 Å². The average molecular weight is 345 g/mol. The molecule has 0 saturated heterocycles. The lowest BCUT2D eigenvalue weighted by Crippen LogP contribution is -2.15. The number of tetrazole rings is 1. The highest BCUT2D eigenvalue weighted by Crippen LogP contribution is 2.22. The average Bonchev–Trinajstić information content (AvgIpc) is 3.11. The van der Waals surface area contributed by atoms with Crippen molar-refractivity contribution in [2.24, 2.45) is 0 Å². The SMILES string of the molecule is O=C(Cc1ccccc1OC(F)F)Nc1cccc(-c2nn[nH]n2)c1. The monoisotopic (exact) mass is 345 g/mol. The lowest BCUT2D eigenvalue weighted by atomic mass is 10.1. The van der Waals surface area contributed by atoms with Crippen molar-refractivity contribution in [1.82, 2.24) is 20.6 Å². The smallest absolute Gasteiger partial charge is 0.387 e. The fraction of sp³-hybridized carbons (Fsp3) is 0.125. The highest BCUT2D eigenvalue weighted by atomic mass is 19.3. The molecule has 3 aromatic rings. The van der Waals surface area contributed by atoms with Crippen LogP contribution in [0.4, 0.5) is 14.5 Å². The number of hydrogen-bond acceptors (Lipinski definition) is 5. The lowest BCUT2D eigenvalue weighted by molar-refractivity contribution is -0.115. The Morgan fingerprint density at radius 3 is 2.80 bits per heavy atom. The van der Waals surface area contributed by atoms with Gasteiger partial charge in [-0.05, 0) is 23.4 Å². The molecule has 0 saturated carbocycles. The van der Waals surface area contributed by atoms with Crippen LogP contribution in [0.2, 0.25) is 0 Å². The molecule has 128 valence electrons. The van der Waals surface area contributed by atoms with E-state index in [0.717, 1.165) is 0 Å². The number of nitrogens with one attached hydrogen (secondary N) is 2. The van der Waals surface area contributed by atoms with E-state index >= 15 is 0 Å². The van der Waals surface area contributed by atoms with Crippen LogP contribution in [0, 0.1) is 0 Å². The summed E-state index contributed by atoms with van der Waals surface area (Å²) in [6, 6.07) is 13.1. The molecule has 0 unspecified atom stereocenters. The summed E-state index contributed by atoms with van der Waals surface area (Å²) in [7, 11) is 0. The maximum absolute atomic E-state index is 12.4. The number of benzene rings is 2. The van der Waals surface area contributed by atoms with Crippen LogP contribution >= 0.6 is 0 Å². The largest absolute Gasteiger partial charge is 0.435 e. The summed E-state index contributed by atoms with van der Waals surface area (Å²) in [5.41, 5.74) is 1.57. The van der Waals surface area contributed by atoms with E-state index in [-0.39, 0.29) is 18.1 Å². The zero-order valence-corrected chi connectivity index (χ0v) is 12.8. The molecule has 9 heteroatoms. The third-order valence-corrected chi connectivity index (χ3v) is 3.29. The quantitative estimate of drug-likeness (QED) is 0.716. The second kappa shape index (κ2) is 7.47. The number of hydrogen-bond donors (Lipinski definition) is 2. The molecule has 0 aliphatic carbocycles. The first kappa shape index (κ1) is 16.5. The first-order valence-electron chi connectivity index (χ1n) is 7.28. The van der Waals surface area contributed by atoms with E-state index in [1.165, 1.54) is 6.07 Å². The number of aromatic amines is 1. The molecule has 0 aliphatic rings. The van der Waals surface area contributed by atoms with Gasteiger partial charge in [0.05, 0.1) is 6.42 Å². The van der Waals surface area contributed by atoms with E-state index in [9.17, 15) is 13.6 Å². The summed E-state index contributed by atoms with van der Waals surface area (Å²) in [6.45, 7) is -2.95. The molecule has 0 aliphatic heterocycles. The Balaban J connectivity index is 1.70. The predicted octanol–water partition coefficient (Wildman–Crippen LogP) is 2.65. The molecule has 0 bridgehead atoms. The van der Waals surface area contributed by atoms with Gasteiger partial charge in [-0.2, -0.15) is 14.0 Å². The Morgan fingerprint density at radius 2 is 2.04 bits per heavy atom. The molecule has 1 aromatic heterocycles. The minimum Gasteiger partial charge on any atom is -0.435 e. The second-order valence-electron chi connectivity index (χ2n) is 5.03. The van der Waals surface area contributed by atoms with Crippen LogP contribution in [-0.2, 0) is 11.2 Å². The molecular weight excluding hydrogens is 332 g/mol. The standard InChI is InChI=1S/C16H13F2N5O2/c17-16(18)25-13-7-2-1-4-10(13)9-14(24)19-12-6-3-5-11(8-12)15-20-22-23-21-15/h1-8,16H,9H2,(H,19,24)(H,20,21,22,23). The van der Waals surface area contributed by atoms with Gasteiger partial charge in [-0.15, -0.1) is 10.2 Å². The van der Waals surface area contributed by atoms with Crippen molar-refractivity contribution < 1.29 is 18.3 Å². The van der Waals surface area contributed by atoms with Gasteiger partial charge in [0.2, 0.25) is 11.7 Å². The summed E-state index contributed by atoms with van der Waals surface area (Å²) in [5.74, 6) is 0.00977. The summed E-state index contributed by atoms with van der Waals surface area (Å²) >= 11 is 0. The Bertz CT molecular complexity index is 855. The number of amides is 1. The van der Waals surface area contributed by atoms with E-state index in [0.29, 0.717) is 22.6 Å². The van der Waals surface area contributed by atoms with Crippen molar-refractivity contribution in [3.05, 3.63) is 54.1 Å². The van der Waals surface area contributed by atoms with Crippen molar-refractivity contribution in [1.29, 1.82) is 0 Å². The van der Waals surface area contributed by atoms with Crippen molar-refractivity contribution in [3.8, 4) is 17.1 Å². The van der Waals surface area contributed by atoms with Gasteiger partial charge < -0.3 is 10.1 Å². The number of rotatable bonds is 6. The molecular formula is C16H13F2N5O2. The molecule has 25 heavy (non-hydrogen) atoms. The molecule has 0 radical (unpaired) electrons. The maximum atomic E-state index is 12.4. The molecule has 2 aromatic carbocycles. The number of ether oxygens (including phenoxy) is 1. The molecule has 0 fully saturated rings. The van der Waals surface area contributed by atoms with Gasteiger partial charge in [0.15, 0.2) is 0 Å². The first-order chi connectivity index (χ1) is 12.1. The summed E-state index contributed by atoms with van der Waals surface area (Å²) in [4.78, 5) is 12.2. The molecule has 1 amide bonds. The Hall–Kier alpha value is -3.36. The van der Waals surface area contributed by atoms with Crippen LogP contribution in [0.1, 0.15) is 5.56 Å². The number of H-pyrrole nitrogens is 1. The number of carbonyl (C=O) groups is 1. The Kier molecular flexibility index (Phi) is 4.93. The number of nitrogens with zero attached hydrogens (tertiary/aromatic N) is 3.